The van der Waals surface area contributed by atoms with Crippen molar-refractivity contribution in [2.24, 2.45) is 0 Å². The lowest BCUT2D eigenvalue weighted by molar-refractivity contribution is 0.416. The quantitative estimate of drug-likeness (QED) is 0.899. The second kappa shape index (κ2) is 5.32. The molecule has 1 aromatic heterocycles. The minimum atomic E-state index is 0.578. The lowest BCUT2D eigenvalue weighted by atomic mass is 10.2. The molecule has 17 heavy (non-hydrogen) atoms. The van der Waals surface area contributed by atoms with Crippen LogP contribution in [0.15, 0.2) is 29.9 Å². The van der Waals surface area contributed by atoms with Crippen molar-refractivity contribution < 1.29 is 4.74 Å². The molecule has 0 saturated heterocycles. The van der Waals surface area contributed by atoms with Crippen LogP contribution in [-0.4, -0.2) is 12.1 Å². The van der Waals surface area contributed by atoms with E-state index in [9.17, 15) is 0 Å². The zero-order chi connectivity index (χ0) is 12.1. The first-order valence-electron chi connectivity index (χ1n) is 5.03. The number of rotatable bonds is 4. The van der Waals surface area contributed by atoms with E-state index in [1.165, 1.54) is 0 Å². The third-order valence-corrected chi connectivity index (χ3v) is 3.07. The zero-order valence-electron chi connectivity index (χ0n) is 9.30. The normalized spacial score (nSPS) is 9.65. The maximum atomic E-state index is 9.04. The van der Waals surface area contributed by atoms with Crippen LogP contribution in [0, 0.1) is 11.3 Å². The molecule has 0 bridgehead atoms. The first-order valence-corrected chi connectivity index (χ1v) is 5.91. The smallest absolute Gasteiger partial charge is 0.143 e. The van der Waals surface area contributed by atoms with Gasteiger partial charge in [0.1, 0.15) is 11.8 Å². The Kier molecular flexibility index (Phi) is 3.58. The van der Waals surface area contributed by atoms with E-state index in [1.807, 2.05) is 6.07 Å². The second-order valence-electron chi connectivity index (χ2n) is 3.32. The molecule has 0 spiro atoms. The Labute approximate surface area is 103 Å². The van der Waals surface area contributed by atoms with Gasteiger partial charge in [0.25, 0.3) is 0 Å². The van der Waals surface area contributed by atoms with Crippen molar-refractivity contribution in [2.75, 3.05) is 12.4 Å². The number of hydrogen-bond acceptors (Lipinski definition) is 5. The summed E-state index contributed by atoms with van der Waals surface area (Å²) in [6, 6.07) is 7.54. The van der Waals surface area contributed by atoms with Gasteiger partial charge < -0.3 is 10.1 Å². The molecule has 1 heterocycles. The Hall–Kier alpha value is -2.06. The number of anilines is 1. The highest BCUT2D eigenvalue weighted by Crippen LogP contribution is 2.28. The number of thiazole rings is 1. The summed E-state index contributed by atoms with van der Waals surface area (Å²) in [5.41, 5.74) is 3.09. The van der Waals surface area contributed by atoms with Gasteiger partial charge in [-0.3, -0.25) is 4.98 Å². The van der Waals surface area contributed by atoms with Crippen LogP contribution < -0.4 is 10.1 Å². The molecule has 0 amide bonds. The largest absolute Gasteiger partial charge is 0.495 e. The number of aromatic nitrogens is 1. The number of ether oxygens (including phenoxy) is 1. The number of benzene rings is 1. The fourth-order valence-electron chi connectivity index (χ4n) is 1.48. The van der Waals surface area contributed by atoms with Gasteiger partial charge in [-0.05, 0) is 12.1 Å². The molecular formula is C12H11N3OS. The number of nitrogens with one attached hydrogen (secondary N) is 1. The fourth-order valence-corrected chi connectivity index (χ4v) is 2.02. The van der Waals surface area contributed by atoms with Crippen LogP contribution in [0.25, 0.3) is 0 Å². The van der Waals surface area contributed by atoms with Gasteiger partial charge in [0, 0.05) is 11.1 Å². The van der Waals surface area contributed by atoms with Crippen molar-refractivity contribution in [3.8, 4) is 11.8 Å². The molecule has 0 aliphatic heterocycles. The molecule has 0 aliphatic rings. The summed E-state index contributed by atoms with van der Waals surface area (Å²) < 4.78 is 5.23. The van der Waals surface area contributed by atoms with Gasteiger partial charge in [0.05, 0.1) is 30.4 Å². The maximum Gasteiger partial charge on any atom is 0.143 e. The Balaban J connectivity index is 2.22. The van der Waals surface area contributed by atoms with Gasteiger partial charge in [-0.1, -0.05) is 6.07 Å². The molecule has 0 unspecified atom stereocenters. The summed E-state index contributed by atoms with van der Waals surface area (Å²) in [5, 5.41) is 12.2. The Morgan fingerprint density at radius 3 is 3.06 bits per heavy atom. The van der Waals surface area contributed by atoms with E-state index in [-0.39, 0.29) is 0 Å². The lowest BCUT2D eigenvalue weighted by Crippen LogP contribution is -2.02. The first-order chi connectivity index (χ1) is 8.35. The summed E-state index contributed by atoms with van der Waals surface area (Å²) in [6.07, 6.45) is 1.80. The molecule has 0 radical (unpaired) electrons. The van der Waals surface area contributed by atoms with Gasteiger partial charge in [-0.2, -0.15) is 5.26 Å². The highest BCUT2D eigenvalue weighted by molar-refractivity contribution is 7.09. The van der Waals surface area contributed by atoms with Crippen molar-refractivity contribution in [2.45, 2.75) is 6.54 Å². The Morgan fingerprint density at radius 1 is 1.53 bits per heavy atom. The minimum absolute atomic E-state index is 0.578. The van der Waals surface area contributed by atoms with Gasteiger partial charge >= 0.3 is 0 Å². The number of nitrogens with zero attached hydrogens (tertiary/aromatic N) is 2. The standard InChI is InChI=1S/C12H11N3OS/c1-16-11-4-2-3-9(5-13)12(11)15-7-10-6-14-8-17-10/h2-4,6,8,15H,7H2,1H3. The average molecular weight is 245 g/mol. The van der Waals surface area contributed by atoms with E-state index in [0.29, 0.717) is 17.9 Å². The predicted molar refractivity (Wildman–Crippen MR) is 67.1 cm³/mol. The molecule has 4 nitrogen and oxygen atoms in total. The van der Waals surface area contributed by atoms with E-state index in [0.717, 1.165) is 10.6 Å². The SMILES string of the molecule is COc1cccc(C#N)c1NCc1cncs1. The number of nitriles is 1. The lowest BCUT2D eigenvalue weighted by Gasteiger charge is -2.11. The number of para-hydroxylation sites is 1. The van der Waals surface area contributed by atoms with Crippen molar-refractivity contribution in [1.82, 2.24) is 4.98 Å². The van der Waals surface area contributed by atoms with Crippen LogP contribution >= 0.6 is 11.3 Å². The predicted octanol–water partition coefficient (Wildman–Crippen LogP) is 2.64. The van der Waals surface area contributed by atoms with Crippen LogP contribution in [0.1, 0.15) is 10.4 Å². The highest BCUT2D eigenvalue weighted by atomic mass is 32.1. The first kappa shape index (κ1) is 11.4. The molecule has 2 rings (SSSR count). The van der Waals surface area contributed by atoms with E-state index in [1.54, 1.807) is 42.3 Å². The van der Waals surface area contributed by atoms with E-state index in [2.05, 4.69) is 16.4 Å². The van der Waals surface area contributed by atoms with Crippen LogP contribution in [0.4, 0.5) is 5.69 Å². The molecule has 1 N–H and O–H groups in total. The topological polar surface area (TPSA) is 57.9 Å². The van der Waals surface area contributed by atoms with Crippen LogP contribution in [0.3, 0.4) is 0 Å². The zero-order valence-corrected chi connectivity index (χ0v) is 10.1. The van der Waals surface area contributed by atoms with E-state index < -0.39 is 0 Å². The average Bonchev–Trinajstić information content (AvgIpc) is 2.88. The molecule has 5 heteroatoms. The van der Waals surface area contributed by atoms with Gasteiger partial charge in [0.15, 0.2) is 0 Å². The second-order valence-corrected chi connectivity index (χ2v) is 4.29. The molecule has 0 atom stereocenters. The molecular weight excluding hydrogens is 234 g/mol. The monoisotopic (exact) mass is 245 g/mol. The third-order valence-electron chi connectivity index (χ3n) is 2.29. The summed E-state index contributed by atoms with van der Waals surface area (Å²) in [6.45, 7) is 0.639. The summed E-state index contributed by atoms with van der Waals surface area (Å²) in [4.78, 5) is 5.11. The minimum Gasteiger partial charge on any atom is -0.495 e. The third kappa shape index (κ3) is 2.55. The Morgan fingerprint density at radius 2 is 2.41 bits per heavy atom. The molecule has 86 valence electrons. The number of hydrogen-bond donors (Lipinski definition) is 1. The van der Waals surface area contributed by atoms with Crippen LogP contribution in [0.2, 0.25) is 0 Å². The van der Waals surface area contributed by atoms with Gasteiger partial charge in [-0.25, -0.2) is 0 Å². The van der Waals surface area contributed by atoms with Crippen molar-refractivity contribution in [3.63, 3.8) is 0 Å². The van der Waals surface area contributed by atoms with Crippen molar-refractivity contribution >= 4 is 17.0 Å². The summed E-state index contributed by atoms with van der Waals surface area (Å²) in [7, 11) is 1.59. The molecule has 2 aromatic rings. The molecule has 1 aromatic carbocycles. The molecule has 0 saturated carbocycles. The van der Waals surface area contributed by atoms with Gasteiger partial charge in [-0.15, -0.1) is 11.3 Å². The highest BCUT2D eigenvalue weighted by Gasteiger charge is 2.08. The molecule has 0 fully saturated rings. The van der Waals surface area contributed by atoms with Gasteiger partial charge in [0.2, 0.25) is 0 Å². The molecule has 0 aliphatic carbocycles. The van der Waals surface area contributed by atoms with Crippen LogP contribution in [0.5, 0.6) is 5.75 Å². The fraction of sp³-hybridized carbons (Fsp3) is 0.167. The van der Waals surface area contributed by atoms with Crippen molar-refractivity contribution in [1.29, 1.82) is 5.26 Å². The summed E-state index contributed by atoms with van der Waals surface area (Å²) >= 11 is 1.57. The number of methoxy groups -OCH3 is 1. The van der Waals surface area contributed by atoms with Crippen molar-refractivity contribution in [3.05, 3.63) is 40.3 Å². The maximum absolute atomic E-state index is 9.04. The van der Waals surface area contributed by atoms with Crippen LogP contribution in [-0.2, 0) is 6.54 Å². The van der Waals surface area contributed by atoms with E-state index >= 15 is 0 Å². The Bertz CT molecular complexity index is 531. The summed E-state index contributed by atoms with van der Waals surface area (Å²) in [5.74, 6) is 0.675. The van der Waals surface area contributed by atoms with E-state index in [4.69, 9.17) is 10.00 Å².